The van der Waals surface area contributed by atoms with E-state index >= 15 is 0 Å². The van der Waals surface area contributed by atoms with Crippen LogP contribution in [0.4, 0.5) is 0 Å². The molecule has 1 unspecified atom stereocenters. The lowest BCUT2D eigenvalue weighted by atomic mass is 10.0. The number of rotatable bonds is 6. The molecule has 1 amide bonds. The molecule has 1 N–H and O–H groups in total. The van der Waals surface area contributed by atoms with E-state index in [4.69, 9.17) is 5.11 Å². The fourth-order valence-electron chi connectivity index (χ4n) is 1.03. The van der Waals surface area contributed by atoms with Crippen molar-refractivity contribution in [2.45, 2.75) is 19.8 Å². The van der Waals surface area contributed by atoms with Crippen LogP contribution in [-0.2, 0) is 9.59 Å². The summed E-state index contributed by atoms with van der Waals surface area (Å²) < 4.78 is 0. The highest BCUT2D eigenvalue weighted by molar-refractivity contribution is 5.70. The maximum absolute atomic E-state index is 10.6. The van der Waals surface area contributed by atoms with Gasteiger partial charge >= 0.3 is 5.97 Å². The van der Waals surface area contributed by atoms with Crippen LogP contribution < -0.4 is 0 Å². The Bertz CT molecular complexity index is 158. The Kier molecular flexibility index (Phi) is 5.08. The quantitative estimate of drug-likeness (QED) is 0.597. The Morgan fingerprint density at radius 2 is 2.25 bits per heavy atom. The number of aliphatic carboxylic acids is 1. The number of carboxylic acids is 1. The minimum absolute atomic E-state index is 0.298. The molecule has 0 aliphatic carbocycles. The second-order valence-corrected chi connectivity index (χ2v) is 2.87. The van der Waals surface area contributed by atoms with Gasteiger partial charge in [-0.15, -0.1) is 0 Å². The van der Waals surface area contributed by atoms with Crippen molar-refractivity contribution >= 4 is 12.4 Å². The van der Waals surface area contributed by atoms with Crippen LogP contribution >= 0.6 is 0 Å². The predicted octanol–water partition coefficient (Wildman–Crippen LogP) is 0.575. The number of carboxylic acid groups (broad SMARTS) is 1. The van der Waals surface area contributed by atoms with Crippen molar-refractivity contribution in [3.63, 3.8) is 0 Å². The van der Waals surface area contributed by atoms with Crippen molar-refractivity contribution < 1.29 is 14.7 Å². The Morgan fingerprint density at radius 1 is 1.67 bits per heavy atom. The normalized spacial score (nSPS) is 12.2. The summed E-state index contributed by atoms with van der Waals surface area (Å²) in [7, 11) is 1.58. The molecule has 0 aromatic carbocycles. The number of amides is 1. The van der Waals surface area contributed by atoms with Gasteiger partial charge < -0.3 is 10.0 Å². The first-order valence-corrected chi connectivity index (χ1v) is 4.00. The SMILES string of the molecule is CCCC(CN(C)C=O)C(=O)O. The Hall–Kier alpha value is -1.06. The zero-order valence-corrected chi connectivity index (χ0v) is 7.49. The van der Waals surface area contributed by atoms with E-state index in [0.29, 0.717) is 19.4 Å². The molecule has 0 spiro atoms. The van der Waals surface area contributed by atoms with Crippen LogP contribution in [-0.4, -0.2) is 36.0 Å². The molecule has 0 bridgehead atoms. The monoisotopic (exact) mass is 173 g/mol. The summed E-state index contributed by atoms with van der Waals surface area (Å²) in [5, 5.41) is 8.71. The minimum Gasteiger partial charge on any atom is -0.481 e. The van der Waals surface area contributed by atoms with Crippen molar-refractivity contribution in [2.75, 3.05) is 13.6 Å². The standard InChI is InChI=1S/C8H15NO3/c1-3-4-7(8(11)12)5-9(2)6-10/h6-7H,3-5H2,1-2H3,(H,11,12). The third-order valence-electron chi connectivity index (χ3n) is 1.67. The van der Waals surface area contributed by atoms with Crippen molar-refractivity contribution in [3.8, 4) is 0 Å². The maximum atomic E-state index is 10.6. The Morgan fingerprint density at radius 3 is 2.58 bits per heavy atom. The van der Waals surface area contributed by atoms with E-state index in [0.717, 1.165) is 6.42 Å². The Labute approximate surface area is 72.2 Å². The molecule has 70 valence electrons. The van der Waals surface area contributed by atoms with Gasteiger partial charge in [-0.1, -0.05) is 13.3 Å². The topological polar surface area (TPSA) is 57.6 Å². The average molecular weight is 173 g/mol. The van der Waals surface area contributed by atoms with Crippen LogP contribution in [0.3, 0.4) is 0 Å². The van der Waals surface area contributed by atoms with Gasteiger partial charge in [0.1, 0.15) is 0 Å². The van der Waals surface area contributed by atoms with Gasteiger partial charge in [0.05, 0.1) is 5.92 Å². The number of carbonyl (C=O) groups excluding carboxylic acids is 1. The molecule has 0 fully saturated rings. The molecule has 0 aromatic heterocycles. The van der Waals surface area contributed by atoms with Crippen LogP contribution in [0.15, 0.2) is 0 Å². The lowest BCUT2D eigenvalue weighted by Gasteiger charge is -2.16. The maximum Gasteiger partial charge on any atom is 0.308 e. The summed E-state index contributed by atoms with van der Waals surface area (Å²) in [4.78, 5) is 22.2. The van der Waals surface area contributed by atoms with E-state index in [2.05, 4.69) is 0 Å². The highest BCUT2D eigenvalue weighted by Crippen LogP contribution is 2.07. The highest BCUT2D eigenvalue weighted by Gasteiger charge is 2.17. The number of carbonyl (C=O) groups is 2. The van der Waals surface area contributed by atoms with Gasteiger partial charge in [0, 0.05) is 13.6 Å². The van der Waals surface area contributed by atoms with Crippen molar-refractivity contribution in [1.29, 1.82) is 0 Å². The number of hydrogen-bond acceptors (Lipinski definition) is 2. The van der Waals surface area contributed by atoms with E-state index in [1.807, 2.05) is 6.92 Å². The van der Waals surface area contributed by atoms with E-state index in [-0.39, 0.29) is 0 Å². The van der Waals surface area contributed by atoms with Gasteiger partial charge in [-0.3, -0.25) is 9.59 Å². The minimum atomic E-state index is -0.828. The molecule has 0 saturated heterocycles. The summed E-state index contributed by atoms with van der Waals surface area (Å²) in [6, 6.07) is 0. The molecule has 0 saturated carbocycles. The molecular weight excluding hydrogens is 158 g/mol. The van der Waals surface area contributed by atoms with Crippen LogP contribution in [0, 0.1) is 5.92 Å². The highest BCUT2D eigenvalue weighted by atomic mass is 16.4. The molecule has 12 heavy (non-hydrogen) atoms. The molecule has 0 rings (SSSR count). The fourth-order valence-corrected chi connectivity index (χ4v) is 1.03. The summed E-state index contributed by atoms with van der Waals surface area (Å²) in [5.74, 6) is -1.25. The van der Waals surface area contributed by atoms with E-state index in [9.17, 15) is 9.59 Å². The molecule has 1 atom stereocenters. The van der Waals surface area contributed by atoms with Gasteiger partial charge in [-0.25, -0.2) is 0 Å². The first-order chi connectivity index (χ1) is 5.61. The molecule has 4 nitrogen and oxygen atoms in total. The number of hydrogen-bond donors (Lipinski definition) is 1. The van der Waals surface area contributed by atoms with Crippen LogP contribution in [0.2, 0.25) is 0 Å². The van der Waals surface area contributed by atoms with Crippen LogP contribution in [0.5, 0.6) is 0 Å². The van der Waals surface area contributed by atoms with E-state index in [1.54, 1.807) is 7.05 Å². The summed E-state index contributed by atoms with van der Waals surface area (Å²) in [6.07, 6.45) is 2.09. The third-order valence-corrected chi connectivity index (χ3v) is 1.67. The van der Waals surface area contributed by atoms with Gasteiger partial charge in [0.15, 0.2) is 0 Å². The molecule has 0 aliphatic heterocycles. The van der Waals surface area contributed by atoms with Crippen molar-refractivity contribution in [1.82, 2.24) is 4.90 Å². The summed E-state index contributed by atoms with van der Waals surface area (Å²) >= 11 is 0. The zero-order chi connectivity index (χ0) is 9.56. The third kappa shape index (κ3) is 3.95. The van der Waals surface area contributed by atoms with Gasteiger partial charge in [-0.05, 0) is 6.42 Å². The van der Waals surface area contributed by atoms with Gasteiger partial charge in [0.2, 0.25) is 6.41 Å². The Balaban J connectivity index is 3.94. The lowest BCUT2D eigenvalue weighted by Crippen LogP contribution is -2.29. The van der Waals surface area contributed by atoms with Crippen LogP contribution in [0.25, 0.3) is 0 Å². The smallest absolute Gasteiger partial charge is 0.308 e. The molecule has 0 aromatic rings. The van der Waals surface area contributed by atoms with E-state index in [1.165, 1.54) is 4.90 Å². The van der Waals surface area contributed by atoms with E-state index < -0.39 is 11.9 Å². The molecule has 4 heteroatoms. The molecular formula is C8H15NO3. The average Bonchev–Trinajstić information content (AvgIpc) is 2.03. The lowest BCUT2D eigenvalue weighted by molar-refractivity contribution is -0.142. The van der Waals surface area contributed by atoms with Crippen LogP contribution in [0.1, 0.15) is 19.8 Å². The predicted molar refractivity (Wildman–Crippen MR) is 44.7 cm³/mol. The first kappa shape index (κ1) is 10.9. The second kappa shape index (κ2) is 5.57. The van der Waals surface area contributed by atoms with Crippen molar-refractivity contribution in [3.05, 3.63) is 0 Å². The van der Waals surface area contributed by atoms with Gasteiger partial charge in [0.25, 0.3) is 0 Å². The first-order valence-electron chi connectivity index (χ1n) is 4.00. The molecule has 0 aliphatic rings. The summed E-state index contributed by atoms with van der Waals surface area (Å²) in [5.41, 5.74) is 0. The number of nitrogens with zero attached hydrogens (tertiary/aromatic N) is 1. The molecule has 0 radical (unpaired) electrons. The second-order valence-electron chi connectivity index (χ2n) is 2.87. The largest absolute Gasteiger partial charge is 0.481 e. The fraction of sp³-hybridized carbons (Fsp3) is 0.750. The zero-order valence-electron chi connectivity index (χ0n) is 7.49. The van der Waals surface area contributed by atoms with Crippen molar-refractivity contribution in [2.24, 2.45) is 5.92 Å². The summed E-state index contributed by atoms with van der Waals surface area (Å²) in [6.45, 7) is 2.23. The van der Waals surface area contributed by atoms with Gasteiger partial charge in [-0.2, -0.15) is 0 Å². The molecule has 0 heterocycles.